The number of hydrogen-bond acceptors (Lipinski definition) is 1. The third kappa shape index (κ3) is 2.07. The van der Waals surface area contributed by atoms with E-state index in [0.29, 0.717) is 0 Å². The van der Waals surface area contributed by atoms with Gasteiger partial charge in [0.05, 0.1) is 6.10 Å². The van der Waals surface area contributed by atoms with E-state index in [2.05, 4.69) is 6.92 Å². The largest absolute Gasteiger partial charge is 0.393 e. The van der Waals surface area contributed by atoms with Gasteiger partial charge in [0.25, 0.3) is 0 Å². The molecule has 0 aromatic rings. The van der Waals surface area contributed by atoms with E-state index in [9.17, 15) is 5.11 Å². The fraction of sp³-hybridized carbons (Fsp3) is 1.00. The lowest BCUT2D eigenvalue weighted by molar-refractivity contribution is -0.0497. The Hall–Kier alpha value is -0.0400. The van der Waals surface area contributed by atoms with Gasteiger partial charge in [-0.05, 0) is 99.2 Å². The van der Waals surface area contributed by atoms with Crippen LogP contribution in [-0.4, -0.2) is 11.2 Å². The summed E-state index contributed by atoms with van der Waals surface area (Å²) in [5, 5.41) is 9.96. The van der Waals surface area contributed by atoms with Crippen LogP contribution in [0.4, 0.5) is 0 Å². The molecular formula is C19H32O. The van der Waals surface area contributed by atoms with Crippen LogP contribution in [0.15, 0.2) is 0 Å². The summed E-state index contributed by atoms with van der Waals surface area (Å²) in [6.45, 7) is 2.42. The van der Waals surface area contributed by atoms with Crippen LogP contribution in [0.3, 0.4) is 0 Å². The van der Waals surface area contributed by atoms with Gasteiger partial charge in [-0.2, -0.15) is 0 Å². The second-order valence-corrected chi connectivity index (χ2v) is 8.45. The van der Waals surface area contributed by atoms with Gasteiger partial charge in [0, 0.05) is 0 Å². The number of fused-ring (bicyclic) bond motifs is 5. The zero-order valence-electron chi connectivity index (χ0n) is 13.1. The minimum Gasteiger partial charge on any atom is -0.393 e. The maximum absolute atomic E-state index is 9.96. The second-order valence-electron chi connectivity index (χ2n) is 8.45. The van der Waals surface area contributed by atoms with Crippen LogP contribution in [0.2, 0.25) is 0 Å². The molecule has 0 radical (unpaired) electrons. The van der Waals surface area contributed by atoms with Gasteiger partial charge in [-0.3, -0.25) is 0 Å². The molecule has 0 aromatic carbocycles. The molecule has 8 atom stereocenters. The van der Waals surface area contributed by atoms with Crippen molar-refractivity contribution in [2.75, 3.05) is 0 Å². The Balaban J connectivity index is 1.51. The van der Waals surface area contributed by atoms with E-state index in [1.807, 2.05) is 0 Å². The molecule has 0 aromatic heterocycles. The quantitative estimate of drug-likeness (QED) is 0.740. The highest BCUT2D eigenvalue weighted by molar-refractivity contribution is 5.00. The Morgan fingerprint density at radius 3 is 2.15 bits per heavy atom. The molecule has 0 spiro atoms. The van der Waals surface area contributed by atoms with Gasteiger partial charge >= 0.3 is 0 Å². The fourth-order valence-electron chi connectivity index (χ4n) is 7.11. The topological polar surface area (TPSA) is 20.2 Å². The fourth-order valence-corrected chi connectivity index (χ4v) is 7.11. The Labute approximate surface area is 124 Å². The van der Waals surface area contributed by atoms with Crippen molar-refractivity contribution in [1.29, 1.82) is 0 Å². The summed E-state index contributed by atoms with van der Waals surface area (Å²) in [5.41, 5.74) is 0. The summed E-state index contributed by atoms with van der Waals surface area (Å²) < 4.78 is 0. The van der Waals surface area contributed by atoms with Crippen LogP contribution in [0.5, 0.6) is 0 Å². The SMILES string of the molecule is CCC1CCC2C1CCC1C3CCC(O)CC3CCC21. The lowest BCUT2D eigenvalue weighted by Crippen LogP contribution is -2.45. The standard InChI is InChI=1S/C19H32O/c1-2-12-3-6-17-15(12)9-10-18-16-8-5-14(20)11-13(16)4-7-19(17)18/h12-20H,2-11H2,1H3. The molecule has 0 heterocycles. The summed E-state index contributed by atoms with van der Waals surface area (Å²) >= 11 is 0. The van der Waals surface area contributed by atoms with E-state index in [0.717, 1.165) is 54.3 Å². The van der Waals surface area contributed by atoms with E-state index in [4.69, 9.17) is 0 Å². The van der Waals surface area contributed by atoms with Gasteiger partial charge in [-0.25, -0.2) is 0 Å². The van der Waals surface area contributed by atoms with Crippen molar-refractivity contribution in [2.45, 2.75) is 77.2 Å². The number of aliphatic hydroxyl groups is 1. The molecule has 0 bridgehead atoms. The third-order valence-corrected chi connectivity index (χ3v) is 7.92. The van der Waals surface area contributed by atoms with Crippen molar-refractivity contribution in [1.82, 2.24) is 0 Å². The first-order chi connectivity index (χ1) is 9.78. The minimum absolute atomic E-state index is 0.0279. The molecule has 4 rings (SSSR count). The van der Waals surface area contributed by atoms with Crippen LogP contribution in [0, 0.1) is 41.4 Å². The van der Waals surface area contributed by atoms with Gasteiger partial charge in [0.15, 0.2) is 0 Å². The van der Waals surface area contributed by atoms with Crippen LogP contribution >= 0.6 is 0 Å². The predicted molar refractivity (Wildman–Crippen MR) is 82.3 cm³/mol. The van der Waals surface area contributed by atoms with Gasteiger partial charge in [-0.15, -0.1) is 0 Å². The van der Waals surface area contributed by atoms with Crippen molar-refractivity contribution < 1.29 is 5.11 Å². The normalized spacial score (nSPS) is 54.9. The van der Waals surface area contributed by atoms with Crippen LogP contribution in [0.25, 0.3) is 0 Å². The van der Waals surface area contributed by atoms with Crippen molar-refractivity contribution >= 4 is 0 Å². The molecule has 4 saturated carbocycles. The summed E-state index contributed by atoms with van der Waals surface area (Å²) in [5.74, 6) is 7.21. The Morgan fingerprint density at radius 2 is 1.30 bits per heavy atom. The first-order valence-electron chi connectivity index (χ1n) is 9.46. The van der Waals surface area contributed by atoms with Gasteiger partial charge in [-0.1, -0.05) is 13.3 Å². The molecule has 0 saturated heterocycles. The highest BCUT2D eigenvalue weighted by atomic mass is 16.3. The second kappa shape index (κ2) is 5.30. The Bertz CT molecular complexity index is 350. The van der Waals surface area contributed by atoms with Crippen LogP contribution in [-0.2, 0) is 0 Å². The summed E-state index contributed by atoms with van der Waals surface area (Å²) in [6, 6.07) is 0. The van der Waals surface area contributed by atoms with Gasteiger partial charge in [0.1, 0.15) is 0 Å². The molecule has 4 fully saturated rings. The molecule has 1 heteroatoms. The maximum Gasteiger partial charge on any atom is 0.0543 e. The molecule has 20 heavy (non-hydrogen) atoms. The van der Waals surface area contributed by atoms with E-state index in [1.54, 1.807) is 6.42 Å². The van der Waals surface area contributed by atoms with Gasteiger partial charge in [0.2, 0.25) is 0 Å². The Kier molecular flexibility index (Phi) is 3.61. The average Bonchev–Trinajstić information content (AvgIpc) is 2.89. The van der Waals surface area contributed by atoms with Crippen molar-refractivity contribution in [3.63, 3.8) is 0 Å². The molecule has 114 valence electrons. The van der Waals surface area contributed by atoms with E-state index >= 15 is 0 Å². The number of rotatable bonds is 1. The molecule has 1 nitrogen and oxygen atoms in total. The lowest BCUT2D eigenvalue weighted by Gasteiger charge is -2.52. The lowest BCUT2D eigenvalue weighted by atomic mass is 9.53. The van der Waals surface area contributed by atoms with Crippen molar-refractivity contribution in [3.8, 4) is 0 Å². The van der Waals surface area contributed by atoms with Crippen LogP contribution in [0.1, 0.15) is 71.1 Å². The molecule has 4 aliphatic carbocycles. The Morgan fingerprint density at radius 1 is 0.700 bits per heavy atom. The molecule has 4 aliphatic rings. The first-order valence-corrected chi connectivity index (χ1v) is 9.46. The first kappa shape index (κ1) is 13.6. The molecular weight excluding hydrogens is 244 g/mol. The zero-order chi connectivity index (χ0) is 13.7. The highest BCUT2D eigenvalue weighted by Gasteiger charge is 2.51. The molecule has 0 amide bonds. The summed E-state index contributed by atoms with van der Waals surface area (Å²) in [4.78, 5) is 0. The maximum atomic E-state index is 9.96. The third-order valence-electron chi connectivity index (χ3n) is 7.92. The highest BCUT2D eigenvalue weighted by Crippen LogP contribution is 2.59. The zero-order valence-corrected chi connectivity index (χ0v) is 13.1. The summed E-state index contributed by atoms with van der Waals surface area (Å²) in [6.07, 6.45) is 14.1. The molecule has 0 aliphatic heterocycles. The van der Waals surface area contributed by atoms with E-state index < -0.39 is 0 Å². The number of hydrogen-bond donors (Lipinski definition) is 1. The van der Waals surface area contributed by atoms with Gasteiger partial charge < -0.3 is 5.11 Å². The van der Waals surface area contributed by atoms with E-state index in [1.165, 1.54) is 44.9 Å². The van der Waals surface area contributed by atoms with E-state index in [-0.39, 0.29) is 6.10 Å². The van der Waals surface area contributed by atoms with Crippen molar-refractivity contribution in [2.24, 2.45) is 41.4 Å². The smallest absolute Gasteiger partial charge is 0.0543 e. The number of aliphatic hydroxyl groups excluding tert-OH is 1. The summed E-state index contributed by atoms with van der Waals surface area (Å²) in [7, 11) is 0. The molecule has 1 N–H and O–H groups in total. The predicted octanol–water partition coefficient (Wildman–Crippen LogP) is 4.64. The molecule has 8 unspecified atom stereocenters. The average molecular weight is 276 g/mol. The monoisotopic (exact) mass is 276 g/mol. The van der Waals surface area contributed by atoms with Crippen LogP contribution < -0.4 is 0 Å². The van der Waals surface area contributed by atoms with Crippen molar-refractivity contribution in [3.05, 3.63) is 0 Å². The minimum atomic E-state index is 0.0279.